The number of sulfonamides is 1. The summed E-state index contributed by atoms with van der Waals surface area (Å²) in [4.78, 5) is 64.6. The molecule has 11 N–H and O–H groups in total. The van der Waals surface area contributed by atoms with Gasteiger partial charge in [-0.05, 0) is 94.0 Å². The van der Waals surface area contributed by atoms with Gasteiger partial charge in [0.15, 0.2) is 23.2 Å². The van der Waals surface area contributed by atoms with Crippen LogP contribution in [0.1, 0.15) is 117 Å². The number of aryl methyl sites for hydroxylation is 2. The van der Waals surface area contributed by atoms with Crippen molar-refractivity contribution in [3.8, 4) is 11.5 Å². The number of phosphoric acid groups is 2. The van der Waals surface area contributed by atoms with Gasteiger partial charge in [-0.1, -0.05) is 25.3 Å². The summed E-state index contributed by atoms with van der Waals surface area (Å²) in [6.45, 7) is 3.64. The summed E-state index contributed by atoms with van der Waals surface area (Å²) in [5.74, 6) is 1.32. The second-order valence-electron chi connectivity index (χ2n) is 22.0. The molecule has 27 nitrogen and oxygen atoms in total. The van der Waals surface area contributed by atoms with Crippen LogP contribution in [0.25, 0.3) is 16.7 Å². The predicted molar refractivity (Wildman–Crippen MR) is 305 cm³/mol. The monoisotopic (exact) mass is 1240 g/mol. The molecular formula is C53H69N10O17P2S2+. The second kappa shape index (κ2) is 24.3. The van der Waals surface area contributed by atoms with Crippen LogP contribution in [-0.4, -0.2) is 142 Å². The normalized spacial score (nSPS) is 20.3. The van der Waals surface area contributed by atoms with Crippen molar-refractivity contribution in [2.45, 2.75) is 137 Å². The number of unbranched alkanes of at least 4 members (excludes halogenated alkanes) is 5. The lowest BCUT2D eigenvalue weighted by Gasteiger charge is -2.39. The van der Waals surface area contributed by atoms with Crippen molar-refractivity contribution in [2.24, 2.45) is 0 Å². The number of nitrogens with zero attached hydrogens (tertiary/aromatic N) is 6. The molecular weight excluding hydrogens is 1170 g/mol. The Morgan fingerprint density at radius 3 is 2.30 bits per heavy atom. The molecule has 1 fully saturated rings. The number of phosphoric ester groups is 2. The molecule has 0 aliphatic carbocycles. The summed E-state index contributed by atoms with van der Waals surface area (Å²) in [6, 6.07) is 8.08. The topological polar surface area (TPSA) is 390 Å². The third-order valence-electron chi connectivity index (χ3n) is 16.3. The largest absolute Gasteiger partial charge is 0.470 e. The molecule has 0 spiro atoms. The molecule has 1 saturated heterocycles. The van der Waals surface area contributed by atoms with E-state index in [-0.39, 0.29) is 46.7 Å². The van der Waals surface area contributed by atoms with Crippen molar-refractivity contribution in [1.29, 1.82) is 0 Å². The fourth-order valence-corrected chi connectivity index (χ4v) is 15.5. The Morgan fingerprint density at radius 1 is 0.821 bits per heavy atom. The number of anilines is 3. The van der Waals surface area contributed by atoms with Crippen molar-refractivity contribution in [1.82, 2.24) is 34.1 Å². The molecule has 0 radical (unpaired) electrons. The number of hydrogen-bond acceptors (Lipinski definition) is 18. The van der Waals surface area contributed by atoms with Crippen LogP contribution >= 0.6 is 15.6 Å². The Kier molecular flexibility index (Phi) is 17.5. The van der Waals surface area contributed by atoms with Gasteiger partial charge in [-0.2, -0.15) is 8.42 Å². The molecule has 2 aromatic heterocycles. The Bertz CT molecular complexity index is 3870. The lowest BCUT2D eigenvalue weighted by molar-refractivity contribution is -0.121. The quantitative estimate of drug-likeness (QED) is 0.0180. The zero-order valence-electron chi connectivity index (χ0n) is 45.9. The van der Waals surface area contributed by atoms with Gasteiger partial charge in [-0.3, -0.25) is 23.0 Å². The Hall–Kier alpha value is -5.49. The highest BCUT2D eigenvalue weighted by molar-refractivity contribution is 7.89. The maximum absolute atomic E-state index is 14.7. The van der Waals surface area contributed by atoms with Gasteiger partial charge in [0, 0.05) is 90.7 Å². The summed E-state index contributed by atoms with van der Waals surface area (Å²) in [5, 5.41) is 19.3. The van der Waals surface area contributed by atoms with Crippen molar-refractivity contribution in [2.75, 3.05) is 68.4 Å². The van der Waals surface area contributed by atoms with Gasteiger partial charge in [0.25, 0.3) is 10.1 Å². The Labute approximate surface area is 484 Å². The average Bonchev–Trinajstić information content (AvgIpc) is 0.937. The number of nitrogens with two attached hydrogens (primary N) is 1. The second-order valence-corrected chi connectivity index (χ2v) is 27.6. The molecule has 0 bridgehead atoms. The van der Waals surface area contributed by atoms with Gasteiger partial charge in [0.05, 0.1) is 22.0 Å². The minimum absolute atomic E-state index is 0.00422. The molecule has 454 valence electrons. The first-order valence-corrected chi connectivity index (χ1v) is 34.3. The first-order chi connectivity index (χ1) is 40.0. The van der Waals surface area contributed by atoms with E-state index < -0.39 is 71.8 Å². The molecule has 4 atom stereocenters. The number of hydrogen-bond donors (Lipinski definition) is 10. The van der Waals surface area contributed by atoms with Crippen LogP contribution in [0.15, 0.2) is 46.5 Å². The Morgan fingerprint density at radius 2 is 1.54 bits per heavy atom. The zero-order chi connectivity index (χ0) is 59.3. The number of aliphatic hydroxyl groups is 1. The lowest BCUT2D eigenvalue weighted by atomic mass is 9.82. The predicted octanol–water partition coefficient (Wildman–Crippen LogP) is 2.56. The number of nitrogens with one attached hydrogen (secondary N) is 3. The van der Waals surface area contributed by atoms with Crippen molar-refractivity contribution in [3.05, 3.63) is 80.6 Å². The number of fused-ring (bicyclic) bond motifs is 5. The molecule has 11 rings (SSSR count). The number of nitrogen functional groups attached to an aromatic ring is 1. The van der Waals surface area contributed by atoms with Crippen LogP contribution in [0.2, 0.25) is 0 Å². The third kappa shape index (κ3) is 12.7. The fourth-order valence-electron chi connectivity index (χ4n) is 12.7. The highest BCUT2D eigenvalue weighted by Gasteiger charge is 2.50. The van der Waals surface area contributed by atoms with Crippen molar-refractivity contribution in [3.63, 3.8) is 0 Å². The fraction of sp³-hybridized carbons (Fsp3) is 0.528. The van der Waals surface area contributed by atoms with Crippen LogP contribution in [0.3, 0.4) is 0 Å². The van der Waals surface area contributed by atoms with Crippen molar-refractivity contribution < 1.29 is 78.5 Å². The van der Waals surface area contributed by atoms with E-state index in [0.29, 0.717) is 74.3 Å². The third-order valence-corrected chi connectivity index (χ3v) is 19.7. The lowest BCUT2D eigenvalue weighted by Crippen LogP contribution is -2.45. The SMILES string of the molecule is Nc1ncnc2c1nc(NCCCCCCNC(=O)CCCCCNS(=O)(=O)c1cc(S(=O)(=O)O)ccc1C1=c3cc4c5c(c3Oc3c1cc1c6c3CCCN6CCC1)CCC[N+]=5CCC4)n2[C@@H]1O[C@H](COP(=O)(O)O)[C@@H](OP(=O)(O)O)[C@H]1O. The molecule has 6 aliphatic heterocycles. The molecule has 0 unspecified atom stereocenters. The van der Waals surface area contributed by atoms with E-state index in [1.54, 1.807) is 0 Å². The van der Waals surface area contributed by atoms with E-state index in [1.807, 2.05) is 0 Å². The average molecular weight is 1240 g/mol. The minimum atomic E-state index is -5.26. The van der Waals surface area contributed by atoms with Crippen LogP contribution in [0.5, 0.6) is 11.5 Å². The van der Waals surface area contributed by atoms with Gasteiger partial charge in [0.1, 0.15) is 49.2 Å². The first kappa shape index (κ1) is 60.2. The summed E-state index contributed by atoms with van der Waals surface area (Å²) < 4.78 is 117. The van der Waals surface area contributed by atoms with Crippen molar-refractivity contribution >= 4 is 75.9 Å². The number of amides is 1. The molecule has 8 heterocycles. The van der Waals surface area contributed by atoms with Gasteiger partial charge in [-0.15, -0.1) is 0 Å². The molecule has 0 saturated carbocycles. The highest BCUT2D eigenvalue weighted by Crippen LogP contribution is 2.50. The minimum Gasteiger partial charge on any atom is -0.455 e. The molecule has 3 aromatic carbocycles. The number of carbonyl (C=O) groups is 1. The van der Waals surface area contributed by atoms with Crippen LogP contribution in [0, 0.1) is 0 Å². The number of carbonyl (C=O) groups excluding carboxylic acids is 1. The van der Waals surface area contributed by atoms with Crippen LogP contribution < -0.4 is 45.9 Å². The van der Waals surface area contributed by atoms with Gasteiger partial charge in [0.2, 0.25) is 27.2 Å². The van der Waals surface area contributed by atoms with Gasteiger partial charge < -0.3 is 55.4 Å². The highest BCUT2D eigenvalue weighted by atomic mass is 32.2. The molecule has 5 aromatic rings. The van der Waals surface area contributed by atoms with E-state index in [4.69, 9.17) is 19.7 Å². The maximum Gasteiger partial charge on any atom is 0.470 e. The first-order valence-electron chi connectivity index (χ1n) is 28.4. The van der Waals surface area contributed by atoms with Crippen LogP contribution in [0.4, 0.5) is 17.5 Å². The molecule has 31 heteroatoms. The number of benzene rings is 3. The summed E-state index contributed by atoms with van der Waals surface area (Å²) in [7, 11) is -19.6. The summed E-state index contributed by atoms with van der Waals surface area (Å²) in [6.07, 6.45) is 5.89. The van der Waals surface area contributed by atoms with Crippen LogP contribution in [-0.2, 0) is 73.5 Å². The van der Waals surface area contributed by atoms with E-state index in [9.17, 15) is 60.0 Å². The number of rotatable bonds is 24. The Balaban J connectivity index is 0.699. The standard InChI is InChI=1S/C53H68N10O17P2S2/c54-50-43-51(58-30-57-50)63(52-46(65)49(80-82(69,70)71)39(78-52)29-77-81(66,67)68)53(60-43)56-20-6-2-1-5-19-55-41(64)16-4-3-7-21-59-83(72,73)40-28-33(84(74,75)76)17-18-34(40)42-37-26-31-12-8-22-61-24-10-14-35(44(31)61)47(37)79-48-36-15-11-25-62-23-9-13-32(45(36)62)27-38(42)48/h17-18,26-28,30,39,46,49,52,59,65H,1-16,19-25,29H2,(H8-,54,55,56,57,58,60,64,66,67,68,69,70,71,74,75,76)/p+1/t39-,46-,49-,52-/m1/s1. The number of ether oxygens (including phenoxy) is 2. The molecule has 84 heavy (non-hydrogen) atoms. The summed E-state index contributed by atoms with van der Waals surface area (Å²) >= 11 is 0. The van der Waals surface area contributed by atoms with Gasteiger partial charge in [-0.25, -0.2) is 41.8 Å². The number of aromatic nitrogens is 4. The smallest absolute Gasteiger partial charge is 0.455 e. The van der Waals surface area contributed by atoms with E-state index in [1.165, 1.54) is 38.9 Å². The number of aliphatic hydroxyl groups excluding tert-OH is 1. The van der Waals surface area contributed by atoms with E-state index in [0.717, 1.165) is 118 Å². The molecule has 6 aliphatic rings. The maximum atomic E-state index is 14.7. The zero-order valence-corrected chi connectivity index (χ0v) is 49.3. The number of imidazole rings is 1. The molecule has 1 amide bonds. The summed E-state index contributed by atoms with van der Waals surface area (Å²) in [5.41, 5.74) is 13.7. The van der Waals surface area contributed by atoms with E-state index in [2.05, 4.69) is 56.4 Å². The van der Waals surface area contributed by atoms with Gasteiger partial charge >= 0.3 is 15.6 Å². The van der Waals surface area contributed by atoms with E-state index >= 15 is 0 Å².